The minimum absolute atomic E-state index is 0.200. The number of aromatic nitrogens is 2. The molecule has 2 heterocycles. The Kier molecular flexibility index (Phi) is 6.65. The number of carboxylic acid groups (broad SMARTS) is 1. The zero-order chi connectivity index (χ0) is 21.0. The van der Waals surface area contributed by atoms with Gasteiger partial charge in [0.05, 0.1) is 4.91 Å². The first kappa shape index (κ1) is 21.0. The average Bonchev–Trinajstić information content (AvgIpc) is 3.27. The van der Waals surface area contributed by atoms with E-state index in [0.717, 1.165) is 11.4 Å². The van der Waals surface area contributed by atoms with Crippen molar-refractivity contribution in [3.8, 4) is 5.75 Å². The number of rotatable bonds is 7. The molecule has 1 unspecified atom stereocenters. The summed E-state index contributed by atoms with van der Waals surface area (Å²) in [5, 5.41) is 19.2. The maximum atomic E-state index is 12.7. The van der Waals surface area contributed by atoms with Gasteiger partial charge in [-0.05, 0) is 36.7 Å². The lowest BCUT2D eigenvalue weighted by Crippen LogP contribution is -2.26. The maximum Gasteiger partial charge on any atom is 0.344 e. The van der Waals surface area contributed by atoms with Crippen LogP contribution in [0.25, 0.3) is 6.08 Å². The third-order valence-corrected chi connectivity index (χ3v) is 6.10. The van der Waals surface area contributed by atoms with Crippen LogP contribution in [0.2, 0.25) is 0 Å². The molecule has 0 spiro atoms. The van der Waals surface area contributed by atoms with Gasteiger partial charge in [0.15, 0.2) is 11.3 Å². The van der Waals surface area contributed by atoms with Gasteiger partial charge in [0.1, 0.15) is 10.8 Å². The highest BCUT2D eigenvalue weighted by Crippen LogP contribution is 2.35. The second-order valence-corrected chi connectivity index (χ2v) is 8.14. The summed E-state index contributed by atoms with van der Waals surface area (Å²) in [5.41, 5.74) is 0.627. The molecule has 1 amide bonds. The van der Waals surface area contributed by atoms with E-state index < -0.39 is 12.1 Å². The summed E-state index contributed by atoms with van der Waals surface area (Å²) in [5.74, 6) is -0.819. The molecule has 1 aliphatic rings. The van der Waals surface area contributed by atoms with Crippen LogP contribution < -0.4 is 4.74 Å². The summed E-state index contributed by atoms with van der Waals surface area (Å²) in [7, 11) is 1.65. The molecule has 8 nitrogen and oxygen atoms in total. The Labute approximate surface area is 176 Å². The molecule has 0 saturated carbocycles. The fourth-order valence-electron chi connectivity index (χ4n) is 2.48. The van der Waals surface area contributed by atoms with Crippen molar-refractivity contribution in [2.75, 3.05) is 7.05 Å². The van der Waals surface area contributed by atoms with E-state index in [9.17, 15) is 14.7 Å². The fraction of sp³-hybridized carbons (Fsp3) is 0.316. The number of para-hydroxylation sites is 1. The Bertz CT molecular complexity index is 986. The molecule has 1 atom stereocenters. The van der Waals surface area contributed by atoms with Crippen LogP contribution in [0, 0.1) is 0 Å². The lowest BCUT2D eigenvalue weighted by Gasteiger charge is -2.15. The van der Waals surface area contributed by atoms with Crippen molar-refractivity contribution >= 4 is 51.4 Å². The van der Waals surface area contributed by atoms with Crippen LogP contribution in [0.4, 0.5) is 5.13 Å². The Morgan fingerprint density at radius 2 is 2.10 bits per heavy atom. The number of carbonyl (C=O) groups is 2. The smallest absolute Gasteiger partial charge is 0.344 e. The van der Waals surface area contributed by atoms with Gasteiger partial charge >= 0.3 is 5.97 Å². The molecule has 1 saturated heterocycles. The van der Waals surface area contributed by atoms with Crippen LogP contribution in [-0.2, 0) is 16.0 Å². The van der Waals surface area contributed by atoms with E-state index in [1.165, 1.54) is 28.0 Å². The summed E-state index contributed by atoms with van der Waals surface area (Å²) in [6.45, 7) is 3.73. The number of carbonyl (C=O) groups excluding carboxylic acids is 1. The second kappa shape index (κ2) is 9.19. The number of benzene rings is 1. The highest BCUT2D eigenvalue weighted by atomic mass is 32.2. The SMILES string of the molecule is CCc1nnc(/N=C2/S/C(=C/c3ccccc3OC(CC)C(=O)O)C(=O)N2C)s1. The van der Waals surface area contributed by atoms with Crippen molar-refractivity contribution in [1.82, 2.24) is 15.1 Å². The second-order valence-electron chi connectivity index (χ2n) is 6.09. The first-order valence-corrected chi connectivity index (χ1v) is 10.6. The zero-order valence-electron chi connectivity index (χ0n) is 16.2. The molecule has 10 heteroatoms. The molecule has 1 aromatic carbocycles. The van der Waals surface area contributed by atoms with Crippen LogP contribution in [0.3, 0.4) is 0 Å². The molecule has 1 aromatic heterocycles. The van der Waals surface area contributed by atoms with Gasteiger partial charge in [0.2, 0.25) is 5.13 Å². The molecule has 29 heavy (non-hydrogen) atoms. The van der Waals surface area contributed by atoms with Crippen molar-refractivity contribution < 1.29 is 19.4 Å². The minimum Gasteiger partial charge on any atom is -0.479 e. The summed E-state index contributed by atoms with van der Waals surface area (Å²) < 4.78 is 5.64. The van der Waals surface area contributed by atoms with Crippen molar-refractivity contribution in [3.63, 3.8) is 0 Å². The van der Waals surface area contributed by atoms with E-state index >= 15 is 0 Å². The van der Waals surface area contributed by atoms with E-state index in [4.69, 9.17) is 4.74 Å². The molecular formula is C19H20N4O4S2. The van der Waals surface area contributed by atoms with Crippen molar-refractivity contribution in [2.24, 2.45) is 4.99 Å². The van der Waals surface area contributed by atoms with Gasteiger partial charge in [-0.3, -0.25) is 9.69 Å². The number of likely N-dealkylation sites (N-methyl/N-ethyl adjacent to an activating group) is 1. The minimum atomic E-state index is -1.03. The van der Waals surface area contributed by atoms with E-state index in [1.54, 1.807) is 44.3 Å². The van der Waals surface area contributed by atoms with E-state index in [-0.39, 0.29) is 5.91 Å². The molecule has 1 fully saturated rings. The zero-order valence-corrected chi connectivity index (χ0v) is 17.8. The Balaban J connectivity index is 1.87. The highest BCUT2D eigenvalue weighted by Gasteiger charge is 2.31. The molecule has 0 bridgehead atoms. The molecule has 0 radical (unpaired) electrons. The number of aryl methyl sites for hydroxylation is 1. The summed E-state index contributed by atoms with van der Waals surface area (Å²) >= 11 is 2.61. The van der Waals surface area contributed by atoms with Gasteiger partial charge in [-0.25, -0.2) is 4.79 Å². The summed E-state index contributed by atoms with van der Waals surface area (Å²) in [6, 6.07) is 7.03. The van der Waals surface area contributed by atoms with Gasteiger partial charge in [0.25, 0.3) is 5.91 Å². The molecule has 0 aliphatic carbocycles. The Hall–Kier alpha value is -2.72. The third kappa shape index (κ3) is 4.83. The van der Waals surface area contributed by atoms with Crippen LogP contribution in [-0.4, -0.2) is 50.4 Å². The number of nitrogens with zero attached hydrogens (tertiary/aromatic N) is 4. The Morgan fingerprint density at radius 3 is 2.76 bits per heavy atom. The highest BCUT2D eigenvalue weighted by molar-refractivity contribution is 8.18. The van der Waals surface area contributed by atoms with Crippen molar-refractivity contribution in [3.05, 3.63) is 39.7 Å². The topological polar surface area (TPSA) is 105 Å². The number of amides is 1. The van der Waals surface area contributed by atoms with Crippen LogP contribution in [0.1, 0.15) is 30.8 Å². The quantitative estimate of drug-likeness (QED) is 0.667. The number of hydrogen-bond donors (Lipinski definition) is 1. The number of aliphatic imine (C=N–C) groups is 1. The number of aliphatic carboxylic acids is 1. The molecule has 3 rings (SSSR count). The lowest BCUT2D eigenvalue weighted by atomic mass is 10.1. The van der Waals surface area contributed by atoms with Crippen LogP contribution >= 0.6 is 23.1 Å². The van der Waals surface area contributed by atoms with Gasteiger partial charge in [-0.2, -0.15) is 4.99 Å². The summed E-state index contributed by atoms with van der Waals surface area (Å²) in [6.07, 6.45) is 1.84. The van der Waals surface area contributed by atoms with E-state index in [2.05, 4.69) is 15.2 Å². The van der Waals surface area contributed by atoms with E-state index in [1.807, 2.05) is 6.92 Å². The van der Waals surface area contributed by atoms with Gasteiger partial charge in [0, 0.05) is 12.6 Å². The summed E-state index contributed by atoms with van der Waals surface area (Å²) in [4.78, 5) is 30.3. The largest absolute Gasteiger partial charge is 0.479 e. The van der Waals surface area contributed by atoms with Crippen molar-refractivity contribution in [2.45, 2.75) is 32.8 Å². The normalized spacial score (nSPS) is 17.9. The number of amidine groups is 1. The molecule has 1 N–H and O–H groups in total. The van der Waals surface area contributed by atoms with Gasteiger partial charge in [-0.15, -0.1) is 10.2 Å². The molecule has 2 aromatic rings. The van der Waals surface area contributed by atoms with Crippen molar-refractivity contribution in [1.29, 1.82) is 0 Å². The Morgan fingerprint density at radius 1 is 1.34 bits per heavy atom. The number of carboxylic acids is 1. The molecule has 152 valence electrons. The number of thioether (sulfide) groups is 1. The molecule has 1 aliphatic heterocycles. The van der Waals surface area contributed by atoms with Crippen LogP contribution in [0.15, 0.2) is 34.2 Å². The predicted octanol–water partition coefficient (Wildman–Crippen LogP) is 3.58. The standard InChI is InChI=1S/C19H20N4O4S2/c1-4-12(17(25)26)27-13-9-7-6-8-11(13)10-14-16(24)23(3)19(28-14)20-18-22-21-15(5-2)29-18/h6-10,12H,4-5H2,1-3H3,(H,25,26)/b14-10+,20-19+. The monoisotopic (exact) mass is 432 g/mol. The van der Waals surface area contributed by atoms with Gasteiger partial charge in [-0.1, -0.05) is 43.4 Å². The molecular weight excluding hydrogens is 412 g/mol. The maximum absolute atomic E-state index is 12.7. The third-order valence-electron chi connectivity index (χ3n) is 4.07. The first-order valence-electron chi connectivity index (χ1n) is 9.00. The van der Waals surface area contributed by atoms with Gasteiger partial charge < -0.3 is 9.84 Å². The fourth-order valence-corrected chi connectivity index (χ4v) is 4.14. The average molecular weight is 433 g/mol. The van der Waals surface area contributed by atoms with E-state index in [0.29, 0.717) is 32.9 Å². The number of hydrogen-bond acceptors (Lipinski definition) is 8. The number of ether oxygens (including phenoxy) is 1. The van der Waals surface area contributed by atoms with Crippen LogP contribution in [0.5, 0.6) is 5.75 Å². The first-order chi connectivity index (χ1) is 13.9. The predicted molar refractivity (Wildman–Crippen MR) is 114 cm³/mol. The lowest BCUT2D eigenvalue weighted by molar-refractivity contribution is -0.145.